The highest BCUT2D eigenvalue weighted by Crippen LogP contribution is 2.31. The van der Waals surface area contributed by atoms with Crippen LogP contribution in [0.15, 0.2) is 6.20 Å². The SMILES string of the molecule is Cc1ncc(CN(C)C(=O)C2CC2)s1. The number of carbonyl (C=O) groups excluding carboxylic acids is 1. The molecule has 0 N–H and O–H groups in total. The van der Waals surface area contributed by atoms with E-state index in [9.17, 15) is 4.79 Å². The molecule has 0 aromatic carbocycles. The summed E-state index contributed by atoms with van der Waals surface area (Å²) in [5.74, 6) is 0.602. The summed E-state index contributed by atoms with van der Waals surface area (Å²) in [5.41, 5.74) is 0. The summed E-state index contributed by atoms with van der Waals surface area (Å²) < 4.78 is 0. The van der Waals surface area contributed by atoms with Crippen molar-refractivity contribution in [2.75, 3.05) is 7.05 Å². The first-order valence-corrected chi connectivity index (χ1v) is 5.65. The molecule has 0 aliphatic heterocycles. The van der Waals surface area contributed by atoms with Crippen molar-refractivity contribution in [3.05, 3.63) is 16.1 Å². The zero-order valence-electron chi connectivity index (χ0n) is 8.49. The number of amides is 1. The molecular weight excluding hydrogens is 196 g/mol. The van der Waals surface area contributed by atoms with Crippen molar-refractivity contribution in [3.63, 3.8) is 0 Å². The van der Waals surface area contributed by atoms with Crippen LogP contribution in [-0.2, 0) is 11.3 Å². The van der Waals surface area contributed by atoms with E-state index >= 15 is 0 Å². The first kappa shape index (κ1) is 9.65. The number of hydrogen-bond acceptors (Lipinski definition) is 3. The summed E-state index contributed by atoms with van der Waals surface area (Å²) in [6.07, 6.45) is 4.01. The van der Waals surface area contributed by atoms with Crippen LogP contribution in [-0.4, -0.2) is 22.8 Å². The van der Waals surface area contributed by atoms with Gasteiger partial charge in [-0.15, -0.1) is 11.3 Å². The maximum absolute atomic E-state index is 11.6. The average Bonchev–Trinajstić information content (AvgIpc) is 2.91. The van der Waals surface area contributed by atoms with E-state index in [-0.39, 0.29) is 5.91 Å². The highest BCUT2D eigenvalue weighted by molar-refractivity contribution is 7.11. The Morgan fingerprint density at radius 2 is 2.43 bits per heavy atom. The molecule has 0 spiro atoms. The first-order chi connectivity index (χ1) is 6.66. The Bertz CT molecular complexity index is 344. The lowest BCUT2D eigenvalue weighted by Gasteiger charge is -2.15. The van der Waals surface area contributed by atoms with Gasteiger partial charge in [0.1, 0.15) is 0 Å². The fraction of sp³-hybridized carbons (Fsp3) is 0.600. The van der Waals surface area contributed by atoms with Crippen LogP contribution < -0.4 is 0 Å². The molecule has 2 rings (SSSR count). The largest absolute Gasteiger partial charge is 0.340 e. The lowest BCUT2D eigenvalue weighted by Crippen LogP contribution is -2.27. The molecule has 1 amide bonds. The number of thiazole rings is 1. The van der Waals surface area contributed by atoms with Crippen LogP contribution in [0.1, 0.15) is 22.7 Å². The quantitative estimate of drug-likeness (QED) is 0.762. The Labute approximate surface area is 87.8 Å². The van der Waals surface area contributed by atoms with Gasteiger partial charge in [-0.25, -0.2) is 4.98 Å². The van der Waals surface area contributed by atoms with Crippen molar-refractivity contribution < 1.29 is 4.79 Å². The van der Waals surface area contributed by atoms with Crippen molar-refractivity contribution in [1.29, 1.82) is 0 Å². The zero-order chi connectivity index (χ0) is 10.1. The summed E-state index contributed by atoms with van der Waals surface area (Å²) in [4.78, 5) is 18.8. The van der Waals surface area contributed by atoms with Crippen molar-refractivity contribution in [2.45, 2.75) is 26.3 Å². The second-order valence-electron chi connectivity index (χ2n) is 3.81. The van der Waals surface area contributed by atoms with Gasteiger partial charge in [-0.2, -0.15) is 0 Å². The molecule has 0 atom stereocenters. The number of hydrogen-bond donors (Lipinski definition) is 0. The Morgan fingerprint density at radius 3 is 2.93 bits per heavy atom. The minimum atomic E-state index is 0.288. The van der Waals surface area contributed by atoms with E-state index < -0.39 is 0 Å². The molecule has 76 valence electrons. The van der Waals surface area contributed by atoms with E-state index in [1.54, 1.807) is 11.3 Å². The van der Waals surface area contributed by atoms with E-state index in [2.05, 4.69) is 4.98 Å². The van der Waals surface area contributed by atoms with Crippen LogP contribution in [0.4, 0.5) is 0 Å². The van der Waals surface area contributed by atoms with Gasteiger partial charge in [0.05, 0.1) is 11.6 Å². The van der Waals surface area contributed by atoms with Crippen molar-refractivity contribution in [2.24, 2.45) is 5.92 Å². The molecule has 14 heavy (non-hydrogen) atoms. The molecule has 4 heteroatoms. The van der Waals surface area contributed by atoms with Gasteiger partial charge in [-0.05, 0) is 19.8 Å². The zero-order valence-corrected chi connectivity index (χ0v) is 9.30. The monoisotopic (exact) mass is 210 g/mol. The van der Waals surface area contributed by atoms with Gasteiger partial charge < -0.3 is 4.90 Å². The molecule has 1 aliphatic rings. The van der Waals surface area contributed by atoms with Gasteiger partial charge in [-0.1, -0.05) is 0 Å². The summed E-state index contributed by atoms with van der Waals surface area (Å²) >= 11 is 1.66. The van der Waals surface area contributed by atoms with Gasteiger partial charge in [0, 0.05) is 24.0 Å². The molecule has 0 saturated heterocycles. The molecule has 0 bridgehead atoms. The summed E-state index contributed by atoms with van der Waals surface area (Å²) in [7, 11) is 1.87. The predicted octanol–water partition coefficient (Wildman–Crippen LogP) is 1.82. The first-order valence-electron chi connectivity index (χ1n) is 4.83. The van der Waals surface area contributed by atoms with E-state index in [0.29, 0.717) is 12.5 Å². The van der Waals surface area contributed by atoms with Crippen LogP contribution in [0.2, 0.25) is 0 Å². The number of nitrogens with zero attached hydrogens (tertiary/aromatic N) is 2. The van der Waals surface area contributed by atoms with Crippen LogP contribution in [0.3, 0.4) is 0 Å². The van der Waals surface area contributed by atoms with Gasteiger partial charge in [0.25, 0.3) is 0 Å². The van der Waals surface area contributed by atoms with Crippen molar-refractivity contribution in [3.8, 4) is 0 Å². The van der Waals surface area contributed by atoms with Gasteiger partial charge in [0.15, 0.2) is 0 Å². The Hall–Kier alpha value is -0.900. The molecule has 1 aliphatic carbocycles. The van der Waals surface area contributed by atoms with Crippen molar-refractivity contribution in [1.82, 2.24) is 9.88 Å². The molecule has 1 aromatic rings. The maximum Gasteiger partial charge on any atom is 0.225 e. The van der Waals surface area contributed by atoms with Crippen LogP contribution in [0, 0.1) is 12.8 Å². The third kappa shape index (κ3) is 2.12. The Balaban J connectivity index is 1.93. The van der Waals surface area contributed by atoms with Crippen LogP contribution in [0.25, 0.3) is 0 Å². The van der Waals surface area contributed by atoms with Crippen LogP contribution in [0.5, 0.6) is 0 Å². The number of rotatable bonds is 3. The van der Waals surface area contributed by atoms with E-state index in [1.807, 2.05) is 25.1 Å². The van der Waals surface area contributed by atoms with Gasteiger partial charge in [-0.3, -0.25) is 4.79 Å². The smallest absolute Gasteiger partial charge is 0.225 e. The summed E-state index contributed by atoms with van der Waals surface area (Å²) in [6, 6.07) is 0. The van der Waals surface area contributed by atoms with E-state index in [4.69, 9.17) is 0 Å². The third-order valence-corrected chi connectivity index (χ3v) is 3.26. The molecule has 3 nitrogen and oxygen atoms in total. The van der Waals surface area contributed by atoms with Gasteiger partial charge in [0.2, 0.25) is 5.91 Å². The second kappa shape index (κ2) is 3.69. The minimum Gasteiger partial charge on any atom is -0.340 e. The summed E-state index contributed by atoms with van der Waals surface area (Å²) in [6.45, 7) is 2.69. The normalized spacial score (nSPS) is 15.6. The third-order valence-electron chi connectivity index (χ3n) is 2.36. The standard InChI is InChI=1S/C10H14N2OS/c1-7-11-5-9(14-7)6-12(2)10(13)8-3-4-8/h5,8H,3-4,6H2,1-2H3. The Morgan fingerprint density at radius 1 is 1.71 bits per heavy atom. The van der Waals surface area contributed by atoms with E-state index in [1.165, 1.54) is 4.88 Å². The highest BCUT2D eigenvalue weighted by Gasteiger charge is 2.31. The maximum atomic E-state index is 11.6. The molecule has 0 unspecified atom stereocenters. The molecule has 0 radical (unpaired) electrons. The second-order valence-corrected chi connectivity index (χ2v) is 5.13. The molecule has 1 saturated carbocycles. The predicted molar refractivity (Wildman–Crippen MR) is 56.0 cm³/mol. The summed E-state index contributed by atoms with van der Waals surface area (Å²) in [5, 5.41) is 1.06. The van der Waals surface area contributed by atoms with E-state index in [0.717, 1.165) is 17.8 Å². The Kier molecular flexibility index (Phi) is 2.54. The topological polar surface area (TPSA) is 33.2 Å². The lowest BCUT2D eigenvalue weighted by molar-refractivity contribution is -0.131. The number of aromatic nitrogens is 1. The molecule has 1 heterocycles. The number of aryl methyl sites for hydroxylation is 1. The van der Waals surface area contributed by atoms with Crippen LogP contribution >= 0.6 is 11.3 Å². The fourth-order valence-corrected chi connectivity index (χ4v) is 2.28. The fourth-order valence-electron chi connectivity index (χ4n) is 1.43. The minimum absolute atomic E-state index is 0.288. The molecule has 1 aromatic heterocycles. The van der Waals surface area contributed by atoms with Crippen molar-refractivity contribution >= 4 is 17.2 Å². The number of carbonyl (C=O) groups is 1. The average molecular weight is 210 g/mol. The highest BCUT2D eigenvalue weighted by atomic mass is 32.1. The molecular formula is C10H14N2OS. The van der Waals surface area contributed by atoms with Gasteiger partial charge >= 0.3 is 0 Å². The lowest BCUT2D eigenvalue weighted by atomic mass is 10.3. The molecule has 1 fully saturated rings.